The predicted octanol–water partition coefficient (Wildman–Crippen LogP) is 1.64. The van der Waals surface area contributed by atoms with Crippen LogP contribution in [0.2, 0.25) is 45.8 Å². The van der Waals surface area contributed by atoms with Gasteiger partial charge in [-0.05, 0) is 19.8 Å². The lowest BCUT2D eigenvalue weighted by molar-refractivity contribution is -0.159. The Morgan fingerprint density at radius 3 is 1.38 bits per heavy atom. The van der Waals surface area contributed by atoms with Crippen molar-refractivity contribution in [2.75, 3.05) is 19.4 Å². The van der Waals surface area contributed by atoms with Gasteiger partial charge >= 0.3 is 82.4 Å². The van der Waals surface area contributed by atoms with Crippen molar-refractivity contribution < 1.29 is 73.2 Å². The van der Waals surface area contributed by atoms with Crippen LogP contribution in [0.1, 0.15) is 33.6 Å². The van der Waals surface area contributed by atoms with E-state index in [9.17, 15) is 9.59 Å². The number of hydrogen-bond donors (Lipinski definition) is 0. The van der Waals surface area contributed by atoms with Crippen molar-refractivity contribution in [1.82, 2.24) is 0 Å². The van der Waals surface area contributed by atoms with Crippen molar-refractivity contribution in [2.24, 2.45) is 11.3 Å². The van der Waals surface area contributed by atoms with Gasteiger partial charge in [0.05, 0.1) is 17.9 Å². The van der Waals surface area contributed by atoms with Gasteiger partial charge in [0, 0.05) is 45.8 Å². The first-order chi connectivity index (χ1) is 20.6. The summed E-state index contributed by atoms with van der Waals surface area (Å²) in [4.78, 5) is 26.4. The number of rotatable bonds is 9. The van der Waals surface area contributed by atoms with Crippen molar-refractivity contribution in [1.29, 1.82) is 0 Å². The fourth-order valence-electron chi connectivity index (χ4n) is 6.41. The maximum atomic E-state index is 13.8. The molecule has 0 amide bonds. The molecule has 45 heavy (non-hydrogen) atoms. The molecule has 7 aliphatic rings. The molecule has 17 nitrogen and oxygen atoms in total. The number of hydrogen-bond acceptors (Lipinski definition) is 17. The first-order valence-electron chi connectivity index (χ1n) is 14.9. The van der Waals surface area contributed by atoms with Gasteiger partial charge in [-0.15, -0.1) is 0 Å². The molecule has 0 aliphatic carbocycles. The summed E-state index contributed by atoms with van der Waals surface area (Å²) in [6.07, 6.45) is 0.0597. The van der Waals surface area contributed by atoms with E-state index in [0.717, 1.165) is 0 Å². The zero-order valence-electron chi connectivity index (χ0n) is 27.1. The van der Waals surface area contributed by atoms with Gasteiger partial charge in [-0.25, -0.2) is 0 Å². The highest BCUT2D eigenvalue weighted by Gasteiger charge is 2.79. The summed E-state index contributed by atoms with van der Waals surface area (Å²) in [5, 5.41) is 0. The lowest BCUT2D eigenvalue weighted by Crippen LogP contribution is -2.86. The Kier molecular flexibility index (Phi) is 8.62. The van der Waals surface area contributed by atoms with E-state index in [4.69, 9.17) is 63.6 Å². The molecule has 0 aromatic heterocycles. The van der Waals surface area contributed by atoms with E-state index >= 15 is 0 Å². The number of carbonyl (C=O) groups is 2. The van der Waals surface area contributed by atoms with Crippen LogP contribution in [0.3, 0.4) is 0 Å². The second-order valence-corrected chi connectivity index (χ2v) is 36.7. The molecule has 3 atom stereocenters. The van der Waals surface area contributed by atoms with E-state index in [1.807, 2.05) is 6.92 Å². The monoisotopic (exact) mass is 778 g/mol. The lowest BCUT2D eigenvalue weighted by Gasteiger charge is -2.60. The Hall–Kier alpha value is 0.155. The Balaban J connectivity index is 1.31. The highest BCUT2D eigenvalue weighted by Crippen LogP contribution is 2.48. The molecule has 7 fully saturated rings. The highest BCUT2D eigenvalue weighted by atomic mass is 28.6. The molecule has 0 N–H and O–H groups in total. The fraction of sp³-hybridized carbons (Fsp3) is 0.900. The summed E-state index contributed by atoms with van der Waals surface area (Å²) in [6.45, 7) is 17.7. The largest absolute Gasteiger partial charge is 0.518 e. The van der Waals surface area contributed by atoms with Crippen LogP contribution in [0, 0.1) is 11.3 Å². The molecule has 25 heteroatoms. The van der Waals surface area contributed by atoms with Gasteiger partial charge in [-0.2, -0.15) is 0 Å². The Morgan fingerprint density at radius 2 is 1.04 bits per heavy atom. The molecule has 256 valence electrons. The van der Waals surface area contributed by atoms with Gasteiger partial charge in [0.1, 0.15) is 12.7 Å². The SMILES string of the molecule is CCC(C)(CC(C)C(=O)OCC1CO1)C(=O)OC[Si]12O[Si]3(C)O[Si]4(C)O[Si]5(C)O[Si](C)(O3)O[Si](C)(O[Si](C)(O5)O[Si](C)(O4)O1)O2. The van der Waals surface area contributed by atoms with E-state index < -0.39 is 99.9 Å². The number of epoxide rings is 1. The van der Waals surface area contributed by atoms with Gasteiger partial charge < -0.3 is 63.6 Å². The minimum atomic E-state index is -4.23. The number of ether oxygens (including phenoxy) is 3. The average molecular weight is 779 g/mol. The molecule has 7 aliphatic heterocycles. The molecule has 0 radical (unpaired) electrons. The maximum Gasteiger partial charge on any atom is 0.518 e. The van der Waals surface area contributed by atoms with Crippen molar-refractivity contribution in [3.8, 4) is 0 Å². The average Bonchev–Trinajstić information content (AvgIpc) is 3.63. The summed E-state index contributed by atoms with van der Waals surface area (Å²) in [7, 11) is -30.4. The van der Waals surface area contributed by atoms with Crippen LogP contribution in [0.25, 0.3) is 0 Å². The van der Waals surface area contributed by atoms with Crippen LogP contribution < -0.4 is 0 Å². The molecule has 0 spiro atoms. The number of carbonyl (C=O) groups excluding carboxylic acids is 2. The van der Waals surface area contributed by atoms with Gasteiger partial charge in [0.2, 0.25) is 0 Å². The summed E-state index contributed by atoms with van der Waals surface area (Å²) in [5.74, 6) is -1.56. The van der Waals surface area contributed by atoms with Crippen molar-refractivity contribution in [3.63, 3.8) is 0 Å². The first-order valence-corrected chi connectivity index (χ1v) is 32.4. The summed E-state index contributed by atoms with van der Waals surface area (Å²) < 4.78 is 95.5. The third-order valence-corrected chi connectivity index (χ3v) is 43.4. The third kappa shape index (κ3) is 7.23. The Morgan fingerprint density at radius 1 is 0.689 bits per heavy atom. The van der Waals surface area contributed by atoms with Gasteiger partial charge in [-0.3, -0.25) is 9.59 Å². The smallest absolute Gasteiger partial charge is 0.463 e. The zero-order chi connectivity index (χ0) is 33.0. The van der Waals surface area contributed by atoms with Crippen molar-refractivity contribution in [2.45, 2.75) is 85.5 Å². The van der Waals surface area contributed by atoms with Gasteiger partial charge in [0.15, 0.2) is 6.23 Å². The second-order valence-electron chi connectivity index (χ2n) is 13.1. The van der Waals surface area contributed by atoms with E-state index in [-0.39, 0.29) is 19.1 Å². The van der Waals surface area contributed by atoms with E-state index in [0.29, 0.717) is 13.0 Å². The fourth-order valence-corrected chi connectivity index (χ4v) is 51.4. The minimum absolute atomic E-state index is 0.0558. The molecular weight excluding hydrogens is 737 g/mol. The Bertz CT molecular complexity index is 1130. The van der Waals surface area contributed by atoms with Crippen LogP contribution in [0.15, 0.2) is 0 Å². The zero-order valence-corrected chi connectivity index (χ0v) is 35.1. The lowest BCUT2D eigenvalue weighted by atomic mass is 9.79. The molecule has 0 saturated carbocycles. The third-order valence-electron chi connectivity index (χ3n) is 7.99. The predicted molar refractivity (Wildman–Crippen MR) is 164 cm³/mol. The van der Waals surface area contributed by atoms with Crippen molar-refractivity contribution in [3.05, 3.63) is 0 Å². The topological polar surface area (TPSA) is 176 Å². The standard InChI is InChI=1S/C20H42O17Si8/c1-11-20(3,12-16(2)18(21)24-14-17-13-23-17)19(22)25-15-45-35-42(8)29-39(5)26-38(4)27-40(6,31-42)33-44(10,37-45)34-41(7,28-38)32-43(9,30-39)36-45/h16-17H,11-15H2,1-10H3. The Labute approximate surface area is 271 Å². The molecular formula is C20H42O17Si8. The van der Waals surface area contributed by atoms with Crippen LogP contribution >= 0.6 is 0 Å². The van der Waals surface area contributed by atoms with Gasteiger partial charge in [-0.1, -0.05) is 13.8 Å². The summed E-state index contributed by atoms with van der Waals surface area (Å²) in [6, 6.07) is 0. The summed E-state index contributed by atoms with van der Waals surface area (Å²) >= 11 is 0. The minimum Gasteiger partial charge on any atom is -0.463 e. The second kappa shape index (κ2) is 11.1. The van der Waals surface area contributed by atoms with E-state index in [1.54, 1.807) is 59.7 Å². The van der Waals surface area contributed by atoms with Crippen LogP contribution in [0.5, 0.6) is 0 Å². The molecule has 7 saturated heterocycles. The van der Waals surface area contributed by atoms with E-state index in [1.165, 1.54) is 0 Å². The molecule has 0 aromatic rings. The van der Waals surface area contributed by atoms with Crippen molar-refractivity contribution >= 4 is 82.4 Å². The van der Waals surface area contributed by atoms with Crippen LogP contribution in [-0.2, 0) is 73.2 Å². The molecule has 3 unspecified atom stereocenters. The van der Waals surface area contributed by atoms with Crippen LogP contribution in [-0.4, -0.2) is 108 Å². The van der Waals surface area contributed by atoms with Crippen LogP contribution in [0.4, 0.5) is 0 Å². The van der Waals surface area contributed by atoms with E-state index in [2.05, 4.69) is 0 Å². The quantitative estimate of drug-likeness (QED) is 0.187. The summed E-state index contributed by atoms with van der Waals surface area (Å²) in [5.41, 5.74) is -1.05. The first kappa shape index (κ1) is 35.0. The van der Waals surface area contributed by atoms with Gasteiger partial charge in [0.25, 0.3) is 0 Å². The highest BCUT2D eigenvalue weighted by molar-refractivity contribution is 7.02. The molecule has 7 heterocycles. The molecule has 7 rings (SSSR count). The molecule has 0 aromatic carbocycles. The molecule has 8 bridgehead atoms. The maximum absolute atomic E-state index is 13.8. The normalized spacial score (nSPS) is 50.3. The number of esters is 2.